The second-order valence-corrected chi connectivity index (χ2v) is 4.45. The number of nitrogens with two attached hydrogens (primary N) is 1. The van der Waals surface area contributed by atoms with Gasteiger partial charge < -0.3 is 15.2 Å². The Balaban J connectivity index is 0.00000220. The van der Waals surface area contributed by atoms with Crippen LogP contribution in [0.3, 0.4) is 0 Å². The van der Waals surface area contributed by atoms with E-state index in [4.69, 9.17) is 20.6 Å². The van der Waals surface area contributed by atoms with Crippen molar-refractivity contribution in [3.8, 4) is 5.75 Å². The average Bonchev–Trinajstić information content (AvgIpc) is 2.48. The summed E-state index contributed by atoms with van der Waals surface area (Å²) < 4.78 is 10.8. The fraction of sp³-hybridized carbons (Fsp3) is 0.188. The summed E-state index contributed by atoms with van der Waals surface area (Å²) in [5, 5.41) is 7.41. The van der Waals surface area contributed by atoms with E-state index in [0.29, 0.717) is 13.2 Å². The molecule has 21 heavy (non-hydrogen) atoms. The van der Waals surface area contributed by atoms with Crippen LogP contribution in [0.1, 0.15) is 16.7 Å². The minimum Gasteiger partial charge on any atom is -0.497 e. The number of nitrogen functional groups attached to an aromatic ring is 1. The van der Waals surface area contributed by atoms with Crippen molar-refractivity contribution in [3.63, 3.8) is 0 Å². The first kappa shape index (κ1) is 17.0. The molecule has 5 heteroatoms. The number of nitrogens with one attached hydrogen (secondary N) is 1. The average molecular weight is 307 g/mol. The van der Waals surface area contributed by atoms with E-state index in [-0.39, 0.29) is 18.2 Å². The Hall–Kier alpha value is -2.04. The van der Waals surface area contributed by atoms with Crippen molar-refractivity contribution in [1.82, 2.24) is 0 Å². The molecule has 0 saturated carbocycles. The van der Waals surface area contributed by atoms with Gasteiger partial charge in [-0.3, -0.25) is 5.41 Å². The third-order valence-electron chi connectivity index (χ3n) is 2.93. The number of benzene rings is 2. The molecule has 0 heterocycles. The maximum Gasteiger partial charge on any atom is 0.122 e. The fourth-order valence-corrected chi connectivity index (χ4v) is 1.84. The molecule has 3 N–H and O–H groups in total. The lowest BCUT2D eigenvalue weighted by molar-refractivity contribution is 0.107. The summed E-state index contributed by atoms with van der Waals surface area (Å²) in [4.78, 5) is 0. The van der Waals surface area contributed by atoms with Crippen LogP contribution in [0.15, 0.2) is 48.5 Å². The molecule has 0 radical (unpaired) electrons. The summed E-state index contributed by atoms with van der Waals surface area (Å²) in [5.41, 5.74) is 8.28. The van der Waals surface area contributed by atoms with Gasteiger partial charge in [-0.25, -0.2) is 0 Å². The van der Waals surface area contributed by atoms with E-state index in [1.807, 2.05) is 48.5 Å². The Labute approximate surface area is 130 Å². The Bertz CT molecular complexity index is 585. The number of ether oxygens (including phenoxy) is 2. The van der Waals surface area contributed by atoms with E-state index in [2.05, 4.69) is 0 Å². The number of rotatable bonds is 6. The van der Waals surface area contributed by atoms with E-state index in [1.54, 1.807) is 7.11 Å². The molecule has 0 fully saturated rings. The standard InChI is InChI=1S/C16H18N2O2.ClH/c1-19-15-7-5-12(6-8-15)10-20-11-13-3-2-4-14(9-13)16(17)18;/h2-9H,10-11H2,1H3,(H3,17,18);1H. The smallest absolute Gasteiger partial charge is 0.122 e. The zero-order valence-electron chi connectivity index (χ0n) is 11.8. The molecule has 0 aromatic heterocycles. The van der Waals surface area contributed by atoms with Crippen LogP contribution in [0, 0.1) is 5.41 Å². The number of halogens is 1. The van der Waals surface area contributed by atoms with Gasteiger partial charge in [0.2, 0.25) is 0 Å². The first-order valence-corrected chi connectivity index (χ1v) is 6.33. The van der Waals surface area contributed by atoms with Crippen molar-refractivity contribution in [3.05, 3.63) is 65.2 Å². The van der Waals surface area contributed by atoms with Crippen LogP contribution >= 0.6 is 12.4 Å². The molecule has 112 valence electrons. The molecule has 2 aromatic carbocycles. The molecule has 2 rings (SSSR count). The van der Waals surface area contributed by atoms with Gasteiger partial charge in [0.25, 0.3) is 0 Å². The van der Waals surface area contributed by atoms with Crippen molar-refractivity contribution in [2.45, 2.75) is 13.2 Å². The molecule has 4 nitrogen and oxygen atoms in total. The van der Waals surface area contributed by atoms with Crippen LogP contribution in [0.5, 0.6) is 5.75 Å². The largest absolute Gasteiger partial charge is 0.497 e. The Morgan fingerprint density at radius 3 is 2.33 bits per heavy atom. The molecule has 0 bridgehead atoms. The lowest BCUT2D eigenvalue weighted by Crippen LogP contribution is -2.11. The second kappa shape index (κ2) is 8.29. The maximum atomic E-state index is 7.41. The molecule has 0 aliphatic heterocycles. The predicted octanol–water partition coefficient (Wildman–Crippen LogP) is 3.12. The van der Waals surface area contributed by atoms with E-state index in [1.165, 1.54) is 0 Å². The molecule has 0 aliphatic rings. The monoisotopic (exact) mass is 306 g/mol. The normalized spacial score (nSPS) is 9.76. The molecular formula is C16H19ClN2O2. The Morgan fingerprint density at radius 1 is 1.05 bits per heavy atom. The highest BCUT2D eigenvalue weighted by Gasteiger charge is 2.00. The van der Waals surface area contributed by atoms with E-state index < -0.39 is 0 Å². The predicted molar refractivity (Wildman–Crippen MR) is 86.2 cm³/mol. The number of amidine groups is 1. The molecular weight excluding hydrogens is 288 g/mol. The Morgan fingerprint density at radius 2 is 1.71 bits per heavy atom. The van der Waals surface area contributed by atoms with Crippen LogP contribution in [-0.4, -0.2) is 12.9 Å². The first-order valence-electron chi connectivity index (χ1n) is 6.33. The van der Waals surface area contributed by atoms with Gasteiger partial charge in [0.1, 0.15) is 11.6 Å². The zero-order chi connectivity index (χ0) is 14.4. The van der Waals surface area contributed by atoms with Gasteiger partial charge in [-0.05, 0) is 29.3 Å². The highest BCUT2D eigenvalue weighted by molar-refractivity contribution is 5.95. The van der Waals surface area contributed by atoms with Gasteiger partial charge in [-0.2, -0.15) is 0 Å². The highest BCUT2D eigenvalue weighted by Crippen LogP contribution is 2.13. The summed E-state index contributed by atoms with van der Waals surface area (Å²) in [5.74, 6) is 0.907. The van der Waals surface area contributed by atoms with Crippen molar-refractivity contribution in [2.24, 2.45) is 5.73 Å². The number of hydrogen-bond acceptors (Lipinski definition) is 3. The second-order valence-electron chi connectivity index (χ2n) is 4.45. The van der Waals surface area contributed by atoms with Crippen LogP contribution in [0.2, 0.25) is 0 Å². The van der Waals surface area contributed by atoms with Crippen molar-refractivity contribution >= 4 is 18.2 Å². The number of methoxy groups -OCH3 is 1. The minimum absolute atomic E-state index is 0. The van der Waals surface area contributed by atoms with Crippen LogP contribution in [0.25, 0.3) is 0 Å². The van der Waals surface area contributed by atoms with Gasteiger partial charge in [0.05, 0.1) is 20.3 Å². The van der Waals surface area contributed by atoms with E-state index in [9.17, 15) is 0 Å². The SMILES string of the molecule is COc1ccc(COCc2cccc(C(=N)N)c2)cc1.Cl. The third-order valence-corrected chi connectivity index (χ3v) is 2.93. The molecule has 0 aliphatic carbocycles. The fourth-order valence-electron chi connectivity index (χ4n) is 1.84. The first-order chi connectivity index (χ1) is 9.69. The van der Waals surface area contributed by atoms with Crippen LogP contribution < -0.4 is 10.5 Å². The highest BCUT2D eigenvalue weighted by atomic mass is 35.5. The molecule has 0 saturated heterocycles. The van der Waals surface area contributed by atoms with E-state index in [0.717, 1.165) is 22.4 Å². The summed E-state index contributed by atoms with van der Waals surface area (Å²) in [6.07, 6.45) is 0. The summed E-state index contributed by atoms with van der Waals surface area (Å²) in [6, 6.07) is 15.3. The summed E-state index contributed by atoms with van der Waals surface area (Å²) >= 11 is 0. The molecule has 0 unspecified atom stereocenters. The third kappa shape index (κ3) is 5.10. The molecule has 0 amide bonds. The lowest BCUT2D eigenvalue weighted by atomic mass is 10.1. The molecule has 0 spiro atoms. The van der Waals surface area contributed by atoms with Gasteiger partial charge in [-0.1, -0.05) is 30.3 Å². The van der Waals surface area contributed by atoms with Crippen molar-refractivity contribution in [2.75, 3.05) is 7.11 Å². The van der Waals surface area contributed by atoms with Gasteiger partial charge >= 0.3 is 0 Å². The van der Waals surface area contributed by atoms with E-state index >= 15 is 0 Å². The minimum atomic E-state index is 0. The van der Waals surface area contributed by atoms with Crippen LogP contribution in [0.4, 0.5) is 0 Å². The lowest BCUT2D eigenvalue weighted by Gasteiger charge is -2.07. The van der Waals surface area contributed by atoms with Gasteiger partial charge in [0, 0.05) is 5.56 Å². The topological polar surface area (TPSA) is 68.3 Å². The van der Waals surface area contributed by atoms with Gasteiger partial charge in [0.15, 0.2) is 0 Å². The molecule has 0 atom stereocenters. The summed E-state index contributed by atoms with van der Waals surface area (Å²) in [7, 11) is 1.65. The van der Waals surface area contributed by atoms with Crippen molar-refractivity contribution in [1.29, 1.82) is 5.41 Å². The summed E-state index contributed by atoms with van der Waals surface area (Å²) in [6.45, 7) is 1.03. The quantitative estimate of drug-likeness (QED) is 0.636. The van der Waals surface area contributed by atoms with Crippen molar-refractivity contribution < 1.29 is 9.47 Å². The maximum absolute atomic E-state index is 7.41. The Kier molecular flexibility index (Phi) is 6.72. The van der Waals surface area contributed by atoms with Gasteiger partial charge in [-0.15, -0.1) is 12.4 Å². The number of hydrogen-bond donors (Lipinski definition) is 2. The van der Waals surface area contributed by atoms with Crippen LogP contribution in [-0.2, 0) is 18.0 Å². The zero-order valence-corrected chi connectivity index (χ0v) is 12.7. The molecule has 2 aromatic rings.